The highest BCUT2D eigenvalue weighted by molar-refractivity contribution is 14.1. The van der Waals surface area contributed by atoms with Gasteiger partial charge >= 0.3 is 5.88 Å². The van der Waals surface area contributed by atoms with Crippen molar-refractivity contribution in [3.63, 3.8) is 0 Å². The maximum absolute atomic E-state index is 13.3. The van der Waals surface area contributed by atoms with Gasteiger partial charge in [-0.25, -0.2) is 4.98 Å². The lowest BCUT2D eigenvalue weighted by Gasteiger charge is -2.23. The Kier molecular flexibility index (Phi) is 7.76. The first kappa shape index (κ1) is 21.1. The van der Waals surface area contributed by atoms with Gasteiger partial charge in [0.2, 0.25) is 0 Å². The first-order valence-electron chi connectivity index (χ1n) is 10.1. The Morgan fingerprint density at radius 1 is 1.18 bits per heavy atom. The fraction of sp³-hybridized carbons (Fsp3) is 0.545. The molecule has 28 heavy (non-hydrogen) atoms. The minimum Gasteiger partial charge on any atom is -0.616 e. The number of alkyl halides is 1. The minimum absolute atomic E-state index is 0.112. The van der Waals surface area contributed by atoms with Gasteiger partial charge in [-0.2, -0.15) is 0 Å². The monoisotopic (exact) mass is 496 g/mol. The van der Waals surface area contributed by atoms with Crippen molar-refractivity contribution in [2.75, 3.05) is 0 Å². The summed E-state index contributed by atoms with van der Waals surface area (Å²) in [5, 5.41) is 13.3. The first-order valence-corrected chi connectivity index (χ1v) is 11.7. The summed E-state index contributed by atoms with van der Waals surface area (Å²) >= 11 is 2.23. The molecule has 6 heteroatoms. The topological polar surface area (TPSA) is 58.3 Å². The Morgan fingerprint density at radius 3 is 2.54 bits per heavy atom. The molecule has 1 heterocycles. The van der Waals surface area contributed by atoms with E-state index in [1.165, 1.54) is 6.42 Å². The van der Waals surface area contributed by atoms with Crippen LogP contribution in [-0.4, -0.2) is 11.1 Å². The van der Waals surface area contributed by atoms with Crippen LogP contribution < -0.4 is 14.2 Å². The highest BCUT2D eigenvalue weighted by Crippen LogP contribution is 2.28. The number of hydrogen-bond donors (Lipinski definition) is 0. The third kappa shape index (κ3) is 5.49. The van der Waals surface area contributed by atoms with Gasteiger partial charge in [0.25, 0.3) is 11.6 Å². The maximum atomic E-state index is 13.3. The summed E-state index contributed by atoms with van der Waals surface area (Å²) in [6.07, 6.45) is 6.29. The van der Waals surface area contributed by atoms with E-state index < -0.39 is 0 Å². The van der Waals surface area contributed by atoms with Gasteiger partial charge in [0, 0.05) is 6.42 Å². The molecule has 1 aromatic carbocycles. The number of nitrogens with zero attached hydrogens (tertiary/aromatic N) is 2. The summed E-state index contributed by atoms with van der Waals surface area (Å²) < 4.78 is 13.7. The molecule has 0 bridgehead atoms. The second-order valence-electron chi connectivity index (χ2n) is 7.79. The molecule has 1 aliphatic rings. The molecule has 0 saturated heterocycles. The molecule has 3 rings (SSSR count). The van der Waals surface area contributed by atoms with Gasteiger partial charge < -0.3 is 14.7 Å². The third-order valence-electron chi connectivity index (χ3n) is 4.94. The zero-order valence-electron chi connectivity index (χ0n) is 16.7. The van der Waals surface area contributed by atoms with Crippen molar-refractivity contribution in [1.29, 1.82) is 0 Å². The molecule has 0 aliphatic heterocycles. The Morgan fingerprint density at radius 2 is 1.89 bits per heavy atom. The molecule has 1 saturated carbocycles. The van der Waals surface area contributed by atoms with Crippen LogP contribution in [0.15, 0.2) is 30.3 Å². The molecule has 2 aromatic rings. The lowest BCUT2D eigenvalue weighted by Crippen LogP contribution is -2.39. The normalized spacial score (nSPS) is 15.0. The highest BCUT2D eigenvalue weighted by Gasteiger charge is 2.29. The van der Waals surface area contributed by atoms with Crippen LogP contribution in [0.1, 0.15) is 62.9 Å². The van der Waals surface area contributed by atoms with Gasteiger partial charge in [-0.05, 0) is 37.2 Å². The predicted molar refractivity (Wildman–Crippen MR) is 118 cm³/mol. The largest absolute Gasteiger partial charge is 0.616 e. The Bertz CT molecular complexity index is 762. The Labute approximate surface area is 181 Å². The van der Waals surface area contributed by atoms with Gasteiger partial charge in [-0.15, -0.1) is 4.73 Å². The van der Waals surface area contributed by atoms with Crippen molar-refractivity contribution < 1.29 is 14.2 Å². The fourth-order valence-corrected chi connectivity index (χ4v) is 4.00. The zero-order chi connectivity index (χ0) is 19.9. The van der Waals surface area contributed by atoms with Gasteiger partial charge in [0.05, 0.1) is 4.43 Å². The van der Waals surface area contributed by atoms with Crippen LogP contribution in [0.2, 0.25) is 0 Å². The quantitative estimate of drug-likeness (QED) is 0.220. The van der Waals surface area contributed by atoms with Crippen molar-refractivity contribution in [2.45, 2.75) is 69.5 Å². The molecule has 1 aliphatic carbocycles. The van der Waals surface area contributed by atoms with E-state index in [-0.39, 0.29) is 6.10 Å². The van der Waals surface area contributed by atoms with E-state index >= 15 is 0 Å². The van der Waals surface area contributed by atoms with E-state index in [4.69, 9.17) is 14.5 Å². The van der Waals surface area contributed by atoms with Crippen LogP contribution in [0, 0.1) is 11.1 Å². The van der Waals surface area contributed by atoms with Gasteiger partial charge in [-0.1, -0.05) is 73.2 Å². The Balaban J connectivity index is 1.90. The zero-order valence-corrected chi connectivity index (χ0v) is 18.9. The molecule has 1 aromatic heterocycles. The average Bonchev–Trinajstić information content (AvgIpc) is 2.71. The molecule has 152 valence electrons. The maximum Gasteiger partial charge on any atom is 0.403 e. The van der Waals surface area contributed by atoms with E-state index in [1.807, 2.05) is 30.3 Å². The average molecular weight is 496 g/mol. The van der Waals surface area contributed by atoms with Crippen molar-refractivity contribution >= 4 is 22.6 Å². The predicted octanol–water partition coefficient (Wildman–Crippen LogP) is 5.14. The van der Waals surface area contributed by atoms with E-state index in [1.54, 1.807) is 0 Å². The van der Waals surface area contributed by atoms with Crippen molar-refractivity contribution in [3.8, 4) is 11.8 Å². The highest BCUT2D eigenvalue weighted by atomic mass is 127. The molecule has 5 nitrogen and oxygen atoms in total. The molecule has 0 atom stereocenters. The molecule has 1 fully saturated rings. The molecule has 0 spiro atoms. The smallest absolute Gasteiger partial charge is 0.403 e. The SMILES string of the molecule is CC(C)Cc1c(OCc2ccccc2)nc(CI)c(OC2CCCCC2)[n+]1[O-]. The van der Waals surface area contributed by atoms with Crippen molar-refractivity contribution in [2.24, 2.45) is 5.92 Å². The second-order valence-corrected chi connectivity index (χ2v) is 8.56. The number of halogens is 1. The fourth-order valence-electron chi connectivity index (χ4n) is 3.50. The molecule has 0 radical (unpaired) electrons. The number of ether oxygens (including phenoxy) is 2. The minimum atomic E-state index is 0.112. The number of aromatic nitrogens is 2. The standard InChI is InChI=1S/C22H29IN2O3/c1-16(2)13-20-21(27-15-17-9-5-3-6-10-17)24-19(14-23)22(25(20)26)28-18-11-7-4-8-12-18/h3,5-6,9-10,16,18H,4,7-8,11-15H2,1-2H3. The van der Waals surface area contributed by atoms with Crippen LogP contribution in [0.25, 0.3) is 0 Å². The van der Waals surface area contributed by atoms with E-state index in [0.29, 0.717) is 46.5 Å². The van der Waals surface area contributed by atoms with Crippen LogP contribution in [-0.2, 0) is 17.5 Å². The second kappa shape index (κ2) is 10.3. The van der Waals surface area contributed by atoms with Gasteiger partial charge in [-0.3, -0.25) is 0 Å². The summed E-state index contributed by atoms with van der Waals surface area (Å²) in [6.45, 7) is 4.58. The van der Waals surface area contributed by atoms with Crippen molar-refractivity contribution in [3.05, 3.63) is 52.5 Å². The van der Waals surface area contributed by atoms with Crippen molar-refractivity contribution in [1.82, 2.24) is 4.98 Å². The lowest BCUT2D eigenvalue weighted by atomic mass is 9.98. The van der Waals surface area contributed by atoms with Gasteiger partial charge in [0.15, 0.2) is 5.69 Å². The number of hydrogen-bond acceptors (Lipinski definition) is 4. The third-order valence-corrected chi connectivity index (χ3v) is 5.66. The Hall–Kier alpha value is -1.57. The molecule has 0 amide bonds. The van der Waals surface area contributed by atoms with Crippen LogP contribution in [0.3, 0.4) is 0 Å². The molecule has 0 unspecified atom stereocenters. The van der Waals surface area contributed by atoms with Crippen LogP contribution in [0.4, 0.5) is 0 Å². The number of benzene rings is 1. The summed E-state index contributed by atoms with van der Waals surface area (Å²) in [5.41, 5.74) is 2.28. The summed E-state index contributed by atoms with van der Waals surface area (Å²) in [5.74, 6) is 1.10. The van der Waals surface area contributed by atoms with Gasteiger partial charge in [0.1, 0.15) is 12.7 Å². The molecular weight excluding hydrogens is 467 g/mol. The summed E-state index contributed by atoms with van der Waals surface area (Å²) in [4.78, 5) is 4.71. The summed E-state index contributed by atoms with van der Waals surface area (Å²) in [7, 11) is 0. The van der Waals surface area contributed by atoms with E-state index in [0.717, 1.165) is 36.0 Å². The number of rotatable bonds is 8. The van der Waals surface area contributed by atoms with E-state index in [2.05, 4.69) is 36.4 Å². The molecule has 0 N–H and O–H groups in total. The van der Waals surface area contributed by atoms with Crippen LogP contribution >= 0.6 is 22.6 Å². The van der Waals surface area contributed by atoms with E-state index in [9.17, 15) is 5.21 Å². The first-order chi connectivity index (χ1) is 13.6. The molecular formula is C22H29IN2O3. The van der Waals surface area contributed by atoms with Crippen LogP contribution in [0.5, 0.6) is 11.8 Å². The lowest BCUT2D eigenvalue weighted by molar-refractivity contribution is -0.624. The summed E-state index contributed by atoms with van der Waals surface area (Å²) in [6, 6.07) is 9.95.